The summed E-state index contributed by atoms with van der Waals surface area (Å²) in [6.07, 6.45) is -2.41. The standard InChI is InChI=1S/2C16H16N2O4/c2*1-11-5-3-6-12(9-11)18-16(20)22-14-8-4-7-13(10-14)17-15(19)21-2/h2*3-10H,1-2H3,(H,17,19)(H,18,20). The van der Waals surface area contributed by atoms with E-state index in [2.05, 4.69) is 30.7 Å². The normalized spacial score (nSPS) is 9.73. The van der Waals surface area contributed by atoms with Gasteiger partial charge in [-0.2, -0.15) is 0 Å². The van der Waals surface area contributed by atoms with Crippen molar-refractivity contribution >= 4 is 47.1 Å². The van der Waals surface area contributed by atoms with Gasteiger partial charge in [0, 0.05) is 34.9 Å². The average Bonchev–Trinajstić information content (AvgIpc) is 2.97. The number of hydrogen-bond acceptors (Lipinski definition) is 8. The minimum Gasteiger partial charge on any atom is -0.453 e. The lowest BCUT2D eigenvalue weighted by Crippen LogP contribution is -2.17. The number of rotatable bonds is 6. The van der Waals surface area contributed by atoms with E-state index < -0.39 is 24.4 Å². The summed E-state index contributed by atoms with van der Waals surface area (Å²) in [5, 5.41) is 10.2. The molecule has 0 saturated heterocycles. The van der Waals surface area contributed by atoms with Crippen LogP contribution in [-0.2, 0) is 9.47 Å². The summed E-state index contributed by atoms with van der Waals surface area (Å²) in [4.78, 5) is 45.9. The summed E-state index contributed by atoms with van der Waals surface area (Å²) in [6, 6.07) is 27.6. The highest BCUT2D eigenvalue weighted by molar-refractivity contribution is 5.88. The van der Waals surface area contributed by atoms with Crippen LogP contribution in [-0.4, -0.2) is 38.6 Å². The Morgan fingerprint density at radius 2 is 0.773 bits per heavy atom. The molecule has 4 N–H and O–H groups in total. The van der Waals surface area contributed by atoms with E-state index in [1.54, 1.807) is 48.5 Å². The van der Waals surface area contributed by atoms with E-state index in [9.17, 15) is 19.2 Å². The van der Waals surface area contributed by atoms with Gasteiger partial charge in [0.05, 0.1) is 14.2 Å². The third-order valence-electron chi connectivity index (χ3n) is 5.48. The molecule has 4 aromatic carbocycles. The Labute approximate surface area is 254 Å². The van der Waals surface area contributed by atoms with Crippen molar-refractivity contribution in [1.29, 1.82) is 0 Å². The monoisotopic (exact) mass is 600 g/mol. The maximum atomic E-state index is 11.8. The molecule has 0 heterocycles. The van der Waals surface area contributed by atoms with Crippen molar-refractivity contribution in [3.8, 4) is 11.5 Å². The molecule has 0 spiro atoms. The molecule has 0 saturated carbocycles. The molecule has 0 unspecified atom stereocenters. The van der Waals surface area contributed by atoms with Crippen LogP contribution < -0.4 is 30.7 Å². The fraction of sp³-hybridized carbons (Fsp3) is 0.125. The zero-order valence-corrected chi connectivity index (χ0v) is 24.5. The van der Waals surface area contributed by atoms with E-state index >= 15 is 0 Å². The van der Waals surface area contributed by atoms with Crippen LogP contribution in [0.4, 0.5) is 41.9 Å². The Morgan fingerprint density at radius 3 is 1.11 bits per heavy atom. The Hall–Kier alpha value is -6.04. The Bertz CT molecular complexity index is 1490. The molecule has 4 aromatic rings. The molecule has 12 heteroatoms. The van der Waals surface area contributed by atoms with Crippen LogP contribution in [0.1, 0.15) is 11.1 Å². The number of nitrogens with one attached hydrogen (secondary N) is 4. The van der Waals surface area contributed by atoms with Crippen LogP contribution in [0.3, 0.4) is 0 Å². The third-order valence-corrected chi connectivity index (χ3v) is 5.48. The van der Waals surface area contributed by atoms with E-state index in [0.29, 0.717) is 34.2 Å². The summed E-state index contributed by atoms with van der Waals surface area (Å²) in [7, 11) is 2.54. The minimum atomic E-state index is -0.610. The highest BCUT2D eigenvalue weighted by atomic mass is 16.6. The quantitative estimate of drug-likeness (QED) is 0.177. The van der Waals surface area contributed by atoms with Crippen molar-refractivity contribution in [3.05, 3.63) is 108 Å². The molecule has 0 bridgehead atoms. The molecule has 0 radical (unpaired) electrons. The van der Waals surface area contributed by atoms with Crippen LogP contribution in [0.15, 0.2) is 97.1 Å². The highest BCUT2D eigenvalue weighted by Gasteiger charge is 2.09. The van der Waals surface area contributed by atoms with Gasteiger partial charge in [-0.25, -0.2) is 19.2 Å². The molecule has 0 aliphatic heterocycles. The summed E-state index contributed by atoms with van der Waals surface area (Å²) >= 11 is 0. The van der Waals surface area contributed by atoms with Crippen LogP contribution in [0, 0.1) is 13.8 Å². The Balaban J connectivity index is 0.000000240. The van der Waals surface area contributed by atoms with Gasteiger partial charge in [0.2, 0.25) is 0 Å². The maximum Gasteiger partial charge on any atom is 0.417 e. The molecule has 0 aromatic heterocycles. The van der Waals surface area contributed by atoms with Gasteiger partial charge in [-0.05, 0) is 73.5 Å². The second-order valence-corrected chi connectivity index (χ2v) is 9.06. The molecule has 4 rings (SSSR count). The predicted molar refractivity (Wildman–Crippen MR) is 167 cm³/mol. The van der Waals surface area contributed by atoms with E-state index in [1.807, 2.05) is 50.2 Å². The third kappa shape index (κ3) is 11.4. The number of carbonyl (C=O) groups is 4. The molecular weight excluding hydrogens is 568 g/mol. The first-order valence-corrected chi connectivity index (χ1v) is 13.1. The Kier molecular flexibility index (Phi) is 12.1. The fourth-order valence-corrected chi connectivity index (χ4v) is 3.56. The molecule has 0 aliphatic rings. The topological polar surface area (TPSA) is 153 Å². The summed E-state index contributed by atoms with van der Waals surface area (Å²) in [5.41, 5.74) is 4.28. The molecular formula is C32H32N4O8. The van der Waals surface area contributed by atoms with Gasteiger partial charge in [0.25, 0.3) is 0 Å². The summed E-state index contributed by atoms with van der Waals surface area (Å²) < 4.78 is 19.3. The molecule has 0 aliphatic carbocycles. The summed E-state index contributed by atoms with van der Waals surface area (Å²) in [5.74, 6) is 0.609. The first kappa shape index (κ1) is 32.5. The maximum absolute atomic E-state index is 11.8. The molecule has 4 amide bonds. The smallest absolute Gasteiger partial charge is 0.417 e. The SMILES string of the molecule is COC(=O)Nc1cccc(OC(=O)Nc2cccc(C)c2)c1.COC(=O)Nc1cccc(OC(=O)Nc2cccc(C)c2)c1. The zero-order chi connectivity index (χ0) is 31.9. The number of amides is 4. The van der Waals surface area contributed by atoms with Gasteiger partial charge < -0.3 is 18.9 Å². The lowest BCUT2D eigenvalue weighted by atomic mass is 10.2. The number of carbonyl (C=O) groups excluding carboxylic acids is 4. The van der Waals surface area contributed by atoms with Crippen molar-refractivity contribution in [2.24, 2.45) is 0 Å². The number of anilines is 4. The predicted octanol–water partition coefficient (Wildman–Crippen LogP) is 7.57. The molecule has 0 fully saturated rings. The van der Waals surface area contributed by atoms with E-state index in [-0.39, 0.29) is 0 Å². The highest BCUT2D eigenvalue weighted by Crippen LogP contribution is 2.20. The van der Waals surface area contributed by atoms with E-state index in [0.717, 1.165) is 11.1 Å². The van der Waals surface area contributed by atoms with Gasteiger partial charge in [-0.15, -0.1) is 0 Å². The second kappa shape index (κ2) is 16.4. The van der Waals surface area contributed by atoms with Crippen molar-refractivity contribution < 1.29 is 38.1 Å². The fourth-order valence-electron chi connectivity index (χ4n) is 3.56. The molecule has 44 heavy (non-hydrogen) atoms. The van der Waals surface area contributed by atoms with Gasteiger partial charge in [-0.3, -0.25) is 21.3 Å². The first-order valence-electron chi connectivity index (χ1n) is 13.1. The van der Waals surface area contributed by atoms with Gasteiger partial charge in [-0.1, -0.05) is 36.4 Å². The summed E-state index contributed by atoms with van der Waals surface area (Å²) in [6.45, 7) is 3.86. The zero-order valence-electron chi connectivity index (χ0n) is 24.5. The molecule has 0 atom stereocenters. The number of benzene rings is 4. The lowest BCUT2D eigenvalue weighted by Gasteiger charge is -2.09. The van der Waals surface area contributed by atoms with Crippen LogP contribution in [0.2, 0.25) is 0 Å². The van der Waals surface area contributed by atoms with E-state index in [4.69, 9.17) is 9.47 Å². The van der Waals surface area contributed by atoms with E-state index in [1.165, 1.54) is 26.4 Å². The van der Waals surface area contributed by atoms with Crippen LogP contribution in [0.5, 0.6) is 11.5 Å². The second-order valence-electron chi connectivity index (χ2n) is 9.06. The Morgan fingerprint density at radius 1 is 0.455 bits per heavy atom. The average molecular weight is 601 g/mol. The minimum absolute atomic E-state index is 0.305. The van der Waals surface area contributed by atoms with Crippen molar-refractivity contribution in [2.75, 3.05) is 35.5 Å². The largest absolute Gasteiger partial charge is 0.453 e. The number of aryl methyl sites for hydroxylation is 2. The van der Waals surface area contributed by atoms with Gasteiger partial charge in [0.1, 0.15) is 11.5 Å². The molecule has 228 valence electrons. The van der Waals surface area contributed by atoms with Crippen molar-refractivity contribution in [2.45, 2.75) is 13.8 Å². The van der Waals surface area contributed by atoms with Gasteiger partial charge >= 0.3 is 24.4 Å². The van der Waals surface area contributed by atoms with Crippen molar-refractivity contribution in [3.63, 3.8) is 0 Å². The van der Waals surface area contributed by atoms with Crippen LogP contribution in [0.25, 0.3) is 0 Å². The number of hydrogen-bond donors (Lipinski definition) is 4. The number of ether oxygens (including phenoxy) is 4. The lowest BCUT2D eigenvalue weighted by molar-refractivity contribution is 0.186. The van der Waals surface area contributed by atoms with Crippen LogP contribution >= 0.6 is 0 Å². The first-order chi connectivity index (χ1) is 21.1. The number of methoxy groups -OCH3 is 2. The molecule has 12 nitrogen and oxygen atoms in total. The van der Waals surface area contributed by atoms with Crippen molar-refractivity contribution in [1.82, 2.24) is 0 Å². The van der Waals surface area contributed by atoms with Gasteiger partial charge in [0.15, 0.2) is 0 Å².